The number of hydrogen-bond donors (Lipinski definition) is 0. The predicted octanol–water partition coefficient (Wildman–Crippen LogP) is 3.44. The van der Waals surface area contributed by atoms with Gasteiger partial charge >= 0.3 is 0 Å². The van der Waals surface area contributed by atoms with E-state index in [2.05, 4.69) is 16.9 Å². The lowest BCUT2D eigenvalue weighted by Gasteiger charge is -2.31. The summed E-state index contributed by atoms with van der Waals surface area (Å²) in [6.45, 7) is 2.28. The minimum absolute atomic E-state index is 0.181. The lowest BCUT2D eigenvalue weighted by atomic mass is 9.75. The molecule has 15 heavy (non-hydrogen) atoms. The molecule has 0 bridgehead atoms. The highest BCUT2D eigenvalue weighted by atomic mass is 35.5. The highest BCUT2D eigenvalue weighted by Gasteiger charge is 2.31. The van der Waals surface area contributed by atoms with Crippen molar-refractivity contribution in [1.29, 1.82) is 0 Å². The Bertz CT molecular complexity index is 332. The van der Waals surface area contributed by atoms with Crippen molar-refractivity contribution in [2.24, 2.45) is 0 Å². The lowest BCUT2D eigenvalue weighted by molar-refractivity contribution is 0.303. The van der Waals surface area contributed by atoms with Crippen LogP contribution in [0.5, 0.6) is 0 Å². The summed E-state index contributed by atoms with van der Waals surface area (Å²) in [6, 6.07) is 1.89. The van der Waals surface area contributed by atoms with Crippen LogP contribution < -0.4 is 0 Å². The monoisotopic (exact) mass is 224 g/mol. The molecule has 0 saturated heterocycles. The summed E-state index contributed by atoms with van der Waals surface area (Å²) in [5, 5.41) is 0. The maximum absolute atomic E-state index is 5.79. The van der Waals surface area contributed by atoms with Crippen molar-refractivity contribution in [1.82, 2.24) is 9.97 Å². The van der Waals surface area contributed by atoms with Crippen molar-refractivity contribution >= 4 is 11.6 Å². The van der Waals surface area contributed by atoms with Crippen LogP contribution in [0.2, 0.25) is 0 Å². The summed E-state index contributed by atoms with van der Waals surface area (Å²) >= 11 is 5.79. The zero-order valence-corrected chi connectivity index (χ0v) is 9.93. The van der Waals surface area contributed by atoms with Gasteiger partial charge < -0.3 is 0 Å². The van der Waals surface area contributed by atoms with Gasteiger partial charge in [-0.25, -0.2) is 9.97 Å². The van der Waals surface area contributed by atoms with Gasteiger partial charge in [0, 0.05) is 11.6 Å². The van der Waals surface area contributed by atoms with Gasteiger partial charge in [0.1, 0.15) is 5.82 Å². The van der Waals surface area contributed by atoms with Crippen LogP contribution in [0, 0.1) is 0 Å². The maximum Gasteiger partial charge on any atom is 0.134 e. The summed E-state index contributed by atoms with van der Waals surface area (Å²) in [5.41, 5.74) is 1.12. The minimum atomic E-state index is 0.181. The molecule has 82 valence electrons. The van der Waals surface area contributed by atoms with Crippen molar-refractivity contribution < 1.29 is 0 Å². The summed E-state index contributed by atoms with van der Waals surface area (Å²) in [4.78, 5) is 8.96. The second-order valence-corrected chi connectivity index (χ2v) is 4.89. The number of hydrogen-bond acceptors (Lipinski definition) is 2. The van der Waals surface area contributed by atoms with Gasteiger partial charge in [0.15, 0.2) is 0 Å². The Hall–Kier alpha value is -0.630. The fourth-order valence-electron chi connectivity index (χ4n) is 2.32. The van der Waals surface area contributed by atoms with Crippen LogP contribution in [-0.4, -0.2) is 9.97 Å². The highest BCUT2D eigenvalue weighted by Crippen LogP contribution is 2.36. The summed E-state index contributed by atoms with van der Waals surface area (Å²) in [5.74, 6) is 1.46. The van der Waals surface area contributed by atoms with E-state index in [1.807, 2.05) is 12.3 Å². The molecule has 1 aliphatic rings. The molecule has 0 amide bonds. The normalized spacial score (nSPS) is 20.1. The summed E-state index contributed by atoms with van der Waals surface area (Å²) in [6.07, 6.45) is 8.19. The van der Waals surface area contributed by atoms with Gasteiger partial charge in [-0.15, -0.1) is 11.6 Å². The summed E-state index contributed by atoms with van der Waals surface area (Å²) in [7, 11) is 0. The van der Waals surface area contributed by atoms with E-state index in [0.29, 0.717) is 5.88 Å². The molecule has 1 aliphatic carbocycles. The van der Waals surface area contributed by atoms with Crippen LogP contribution in [0.3, 0.4) is 0 Å². The number of halogens is 1. The van der Waals surface area contributed by atoms with Gasteiger partial charge in [-0.2, -0.15) is 0 Å². The molecule has 0 N–H and O–H groups in total. The number of nitrogens with zero attached hydrogens (tertiary/aromatic N) is 2. The minimum Gasteiger partial charge on any atom is -0.241 e. The van der Waals surface area contributed by atoms with Crippen LogP contribution in [0.1, 0.15) is 50.5 Å². The SMILES string of the molecule is CC1(c2nccc(CCl)n2)CCCCC1. The molecule has 0 radical (unpaired) electrons. The molecule has 2 rings (SSSR count). The zero-order chi connectivity index (χ0) is 10.7. The van der Waals surface area contributed by atoms with Crippen LogP contribution >= 0.6 is 11.6 Å². The fourth-order valence-corrected chi connectivity index (χ4v) is 2.47. The van der Waals surface area contributed by atoms with Crippen molar-refractivity contribution in [3.8, 4) is 0 Å². The Morgan fingerprint density at radius 1 is 1.33 bits per heavy atom. The number of rotatable bonds is 2. The Labute approximate surface area is 96.1 Å². The first kappa shape index (κ1) is 10.9. The second-order valence-electron chi connectivity index (χ2n) is 4.63. The standard InChI is InChI=1S/C12H17ClN2/c1-12(6-3-2-4-7-12)11-14-8-5-10(9-13)15-11/h5,8H,2-4,6-7,9H2,1H3. The van der Waals surface area contributed by atoms with E-state index >= 15 is 0 Å². The maximum atomic E-state index is 5.79. The second kappa shape index (κ2) is 4.48. The third-order valence-corrected chi connectivity index (χ3v) is 3.62. The molecule has 0 atom stereocenters. The molecular weight excluding hydrogens is 208 g/mol. The Morgan fingerprint density at radius 3 is 2.73 bits per heavy atom. The van der Waals surface area contributed by atoms with Gasteiger partial charge in [0.25, 0.3) is 0 Å². The first-order valence-corrected chi connectivity index (χ1v) is 6.16. The third kappa shape index (κ3) is 2.31. The van der Waals surface area contributed by atoms with Crippen LogP contribution in [0.15, 0.2) is 12.3 Å². The highest BCUT2D eigenvalue weighted by molar-refractivity contribution is 6.16. The molecule has 1 fully saturated rings. The zero-order valence-electron chi connectivity index (χ0n) is 9.17. The van der Waals surface area contributed by atoms with Crippen molar-refractivity contribution in [2.75, 3.05) is 0 Å². The number of alkyl halides is 1. The van der Waals surface area contributed by atoms with E-state index in [0.717, 1.165) is 11.5 Å². The molecule has 1 aromatic rings. The van der Waals surface area contributed by atoms with Gasteiger partial charge in [-0.3, -0.25) is 0 Å². The fraction of sp³-hybridized carbons (Fsp3) is 0.667. The van der Waals surface area contributed by atoms with E-state index in [9.17, 15) is 0 Å². The van der Waals surface area contributed by atoms with E-state index in [1.165, 1.54) is 32.1 Å². The van der Waals surface area contributed by atoms with E-state index in [1.54, 1.807) is 0 Å². The quantitative estimate of drug-likeness (QED) is 0.720. The molecule has 1 heterocycles. The smallest absolute Gasteiger partial charge is 0.134 e. The van der Waals surface area contributed by atoms with Crippen LogP contribution in [-0.2, 0) is 11.3 Å². The van der Waals surface area contributed by atoms with E-state index in [-0.39, 0.29) is 5.41 Å². The van der Waals surface area contributed by atoms with Gasteiger partial charge in [0.2, 0.25) is 0 Å². The predicted molar refractivity (Wildman–Crippen MR) is 62.0 cm³/mol. The van der Waals surface area contributed by atoms with E-state index in [4.69, 9.17) is 11.6 Å². The van der Waals surface area contributed by atoms with E-state index < -0.39 is 0 Å². The summed E-state index contributed by atoms with van der Waals surface area (Å²) < 4.78 is 0. The molecule has 0 aliphatic heterocycles. The average Bonchev–Trinajstić information content (AvgIpc) is 2.30. The molecule has 1 saturated carbocycles. The molecule has 0 spiro atoms. The molecule has 3 heteroatoms. The first-order chi connectivity index (χ1) is 7.24. The van der Waals surface area contributed by atoms with Crippen molar-refractivity contribution in [3.05, 3.63) is 23.8 Å². The Morgan fingerprint density at radius 2 is 2.07 bits per heavy atom. The van der Waals surface area contributed by atoms with Gasteiger partial charge in [0.05, 0.1) is 11.6 Å². The molecule has 0 aromatic carbocycles. The first-order valence-electron chi connectivity index (χ1n) is 5.63. The lowest BCUT2D eigenvalue weighted by Crippen LogP contribution is -2.27. The Kier molecular flexibility index (Phi) is 3.25. The average molecular weight is 225 g/mol. The molecular formula is C12H17ClN2. The van der Waals surface area contributed by atoms with Crippen molar-refractivity contribution in [2.45, 2.75) is 50.3 Å². The Balaban J connectivity index is 2.26. The topological polar surface area (TPSA) is 25.8 Å². The van der Waals surface area contributed by atoms with Crippen molar-refractivity contribution in [3.63, 3.8) is 0 Å². The van der Waals surface area contributed by atoms with Gasteiger partial charge in [-0.05, 0) is 18.9 Å². The van der Waals surface area contributed by atoms with Gasteiger partial charge in [-0.1, -0.05) is 26.2 Å². The molecule has 2 nitrogen and oxygen atoms in total. The largest absolute Gasteiger partial charge is 0.241 e. The molecule has 1 aromatic heterocycles. The van der Waals surface area contributed by atoms with Crippen LogP contribution in [0.4, 0.5) is 0 Å². The number of aromatic nitrogens is 2. The van der Waals surface area contributed by atoms with Crippen LogP contribution in [0.25, 0.3) is 0 Å². The third-order valence-electron chi connectivity index (χ3n) is 3.35. The molecule has 0 unspecified atom stereocenters.